The van der Waals surface area contributed by atoms with Crippen LogP contribution < -0.4 is 4.74 Å². The molecule has 3 aliphatic rings. The number of esters is 4. The molecule has 8 nitrogen and oxygen atoms in total. The summed E-state index contributed by atoms with van der Waals surface area (Å²) in [6.45, 7) is 6.56. The number of ether oxygens (including phenoxy) is 4. The van der Waals surface area contributed by atoms with Crippen LogP contribution in [0.25, 0.3) is 0 Å². The van der Waals surface area contributed by atoms with Gasteiger partial charge in [0.05, 0.1) is 30.6 Å². The molecule has 0 N–H and O–H groups in total. The highest BCUT2D eigenvalue weighted by Crippen LogP contribution is 2.44. The lowest BCUT2D eigenvalue weighted by Crippen LogP contribution is -2.39. The minimum absolute atomic E-state index is 0.182. The molecule has 2 aromatic carbocycles. The molecular weight excluding hydrogens is 693 g/mol. The number of hydrogen-bond acceptors (Lipinski definition) is 8. The number of unbranched alkanes of at least 4 members (excludes halogenated alkanes) is 5. The summed E-state index contributed by atoms with van der Waals surface area (Å²) in [6, 6.07) is 16.4. The van der Waals surface area contributed by atoms with Crippen molar-refractivity contribution in [3.8, 4) is 17.6 Å². The number of carbonyl (C=O) groups excluding carboxylic acids is 4. The molecule has 55 heavy (non-hydrogen) atoms. The van der Waals surface area contributed by atoms with Crippen molar-refractivity contribution in [1.82, 2.24) is 0 Å². The van der Waals surface area contributed by atoms with Crippen molar-refractivity contribution in [2.24, 2.45) is 29.6 Å². The molecule has 2 aromatic rings. The Hall–Kier alpha value is -4.38. The first kappa shape index (κ1) is 41.8. The van der Waals surface area contributed by atoms with E-state index in [0.29, 0.717) is 56.1 Å². The van der Waals surface area contributed by atoms with Crippen LogP contribution in [0.1, 0.15) is 138 Å². The molecule has 3 saturated carbocycles. The van der Waals surface area contributed by atoms with Crippen LogP contribution in [-0.2, 0) is 28.6 Å². The van der Waals surface area contributed by atoms with E-state index < -0.39 is 11.6 Å². The van der Waals surface area contributed by atoms with Gasteiger partial charge in [-0.2, -0.15) is 0 Å². The smallest absolute Gasteiger partial charge is 0.339 e. The second kappa shape index (κ2) is 21.6. The van der Waals surface area contributed by atoms with Gasteiger partial charge in [0.1, 0.15) is 5.75 Å². The summed E-state index contributed by atoms with van der Waals surface area (Å²) in [7, 11) is 0. The second-order valence-corrected chi connectivity index (χ2v) is 16.0. The Bertz CT molecular complexity index is 1600. The molecule has 296 valence electrons. The first-order chi connectivity index (χ1) is 26.7. The van der Waals surface area contributed by atoms with Crippen molar-refractivity contribution in [1.29, 1.82) is 0 Å². The van der Waals surface area contributed by atoms with Gasteiger partial charge in [-0.25, -0.2) is 9.59 Å². The predicted molar refractivity (Wildman–Crippen MR) is 212 cm³/mol. The van der Waals surface area contributed by atoms with E-state index in [1.807, 2.05) is 30.3 Å². The minimum atomic E-state index is -0.839. The van der Waals surface area contributed by atoms with Gasteiger partial charge in [-0.1, -0.05) is 76.1 Å². The third kappa shape index (κ3) is 13.4. The van der Waals surface area contributed by atoms with E-state index >= 15 is 0 Å². The molecule has 8 heteroatoms. The highest BCUT2D eigenvalue weighted by atomic mass is 16.6. The van der Waals surface area contributed by atoms with Gasteiger partial charge >= 0.3 is 23.9 Å². The molecule has 0 heterocycles. The number of hydrogen-bond donors (Lipinski definition) is 0. The third-order valence-electron chi connectivity index (χ3n) is 12.0. The lowest BCUT2D eigenvalue weighted by Gasteiger charge is -2.40. The largest absolute Gasteiger partial charge is 0.465 e. The lowest BCUT2D eigenvalue weighted by molar-refractivity contribution is -0.152. The van der Waals surface area contributed by atoms with Crippen LogP contribution in [0.15, 0.2) is 67.3 Å². The molecule has 0 amide bonds. The maximum absolute atomic E-state index is 13.5. The van der Waals surface area contributed by atoms with Gasteiger partial charge < -0.3 is 18.9 Å². The standard InChI is InChI=1S/C47H60O8/c1-3-43(48)52-33-11-6-4-5-7-12-34-53-44(49)39-19-21-40(22-20-39)45(50)54-42-25-23-41(24-26-42)46(51)55-47(30-27-36-13-9-8-10-14-36)31-28-38(29-32-47)37-17-15-35(2)16-18-37/h3,8-10,13-14,23-26,35,37-40H,1,4-7,11-12,15-22,28-29,31-34H2,2H3. The van der Waals surface area contributed by atoms with Gasteiger partial charge in [-0.05, 0) is 137 Å². The zero-order valence-electron chi connectivity index (χ0n) is 32.8. The molecule has 0 spiro atoms. The highest BCUT2D eigenvalue weighted by molar-refractivity contribution is 5.90. The Morgan fingerprint density at radius 2 is 1.25 bits per heavy atom. The summed E-state index contributed by atoms with van der Waals surface area (Å²) in [5, 5.41) is 0. The number of carbonyl (C=O) groups is 4. The van der Waals surface area contributed by atoms with Crippen molar-refractivity contribution < 1.29 is 38.1 Å². The Kier molecular flexibility index (Phi) is 16.4. The fourth-order valence-electron chi connectivity index (χ4n) is 8.39. The second-order valence-electron chi connectivity index (χ2n) is 16.0. The van der Waals surface area contributed by atoms with Gasteiger partial charge in [-0.15, -0.1) is 0 Å². The molecule has 3 fully saturated rings. The van der Waals surface area contributed by atoms with Crippen molar-refractivity contribution >= 4 is 23.9 Å². The van der Waals surface area contributed by atoms with Crippen LogP contribution in [0, 0.1) is 41.4 Å². The van der Waals surface area contributed by atoms with Crippen LogP contribution in [0.3, 0.4) is 0 Å². The van der Waals surface area contributed by atoms with Gasteiger partial charge in [0, 0.05) is 11.6 Å². The van der Waals surface area contributed by atoms with Crippen LogP contribution in [0.4, 0.5) is 0 Å². The fraction of sp³-hybridized carbons (Fsp3) is 0.574. The zero-order valence-corrected chi connectivity index (χ0v) is 32.8. The average Bonchev–Trinajstić information content (AvgIpc) is 3.22. The minimum Gasteiger partial charge on any atom is -0.465 e. The Balaban J connectivity index is 1.03. The Morgan fingerprint density at radius 3 is 1.87 bits per heavy atom. The number of benzene rings is 2. The van der Waals surface area contributed by atoms with Crippen molar-refractivity contribution in [2.75, 3.05) is 13.2 Å². The van der Waals surface area contributed by atoms with E-state index in [4.69, 9.17) is 18.9 Å². The van der Waals surface area contributed by atoms with E-state index in [1.54, 1.807) is 24.3 Å². The van der Waals surface area contributed by atoms with Crippen molar-refractivity contribution in [2.45, 2.75) is 128 Å². The summed E-state index contributed by atoms with van der Waals surface area (Å²) in [6.07, 6.45) is 17.9. The topological polar surface area (TPSA) is 105 Å². The van der Waals surface area contributed by atoms with Crippen LogP contribution in [0.5, 0.6) is 5.75 Å². The van der Waals surface area contributed by atoms with Crippen LogP contribution in [-0.4, -0.2) is 42.7 Å². The summed E-state index contributed by atoms with van der Waals surface area (Å²) in [5.41, 5.74) is 0.458. The third-order valence-corrected chi connectivity index (χ3v) is 12.0. The SMILES string of the molecule is C=CC(=O)OCCCCCCCCOC(=O)C1CCC(C(=O)Oc2ccc(C(=O)OC3(C#Cc4ccccc4)CCC(C4CCC(C)CC4)CC3)cc2)CC1. The molecule has 5 rings (SSSR count). The fourth-order valence-corrected chi connectivity index (χ4v) is 8.39. The maximum Gasteiger partial charge on any atom is 0.339 e. The molecular formula is C47H60O8. The molecule has 0 saturated heterocycles. The first-order valence-electron chi connectivity index (χ1n) is 20.8. The Morgan fingerprint density at radius 1 is 0.691 bits per heavy atom. The maximum atomic E-state index is 13.5. The monoisotopic (exact) mass is 752 g/mol. The van der Waals surface area contributed by atoms with Gasteiger partial charge in [0.2, 0.25) is 0 Å². The van der Waals surface area contributed by atoms with E-state index in [1.165, 1.54) is 31.8 Å². The van der Waals surface area contributed by atoms with Gasteiger partial charge in [0.25, 0.3) is 0 Å². The van der Waals surface area contributed by atoms with E-state index in [-0.39, 0.29) is 29.7 Å². The normalized spacial score (nSPS) is 25.0. The molecule has 0 bridgehead atoms. The van der Waals surface area contributed by atoms with E-state index in [9.17, 15) is 19.2 Å². The summed E-state index contributed by atoms with van der Waals surface area (Å²) < 4.78 is 22.5. The van der Waals surface area contributed by atoms with Crippen LogP contribution in [0.2, 0.25) is 0 Å². The molecule has 0 atom stereocenters. The average molecular weight is 753 g/mol. The van der Waals surface area contributed by atoms with E-state index in [2.05, 4.69) is 25.3 Å². The molecule has 0 aliphatic heterocycles. The quantitative estimate of drug-likeness (QED) is 0.0417. The first-order valence-corrected chi connectivity index (χ1v) is 20.8. The molecule has 0 unspecified atom stereocenters. The van der Waals surface area contributed by atoms with Crippen LogP contribution >= 0.6 is 0 Å². The molecule has 3 aliphatic carbocycles. The molecule has 0 radical (unpaired) electrons. The van der Waals surface area contributed by atoms with Crippen molar-refractivity contribution in [3.63, 3.8) is 0 Å². The van der Waals surface area contributed by atoms with Crippen molar-refractivity contribution in [3.05, 3.63) is 78.4 Å². The predicted octanol–water partition coefficient (Wildman–Crippen LogP) is 9.98. The van der Waals surface area contributed by atoms with Gasteiger partial charge in [0.15, 0.2) is 5.60 Å². The van der Waals surface area contributed by atoms with E-state index in [0.717, 1.165) is 81.6 Å². The molecule has 0 aromatic heterocycles. The summed E-state index contributed by atoms with van der Waals surface area (Å²) in [4.78, 5) is 50.3. The zero-order chi connectivity index (χ0) is 38.9. The summed E-state index contributed by atoms with van der Waals surface area (Å²) >= 11 is 0. The summed E-state index contributed by atoms with van der Waals surface area (Å²) in [5.74, 6) is 7.49. The Labute approximate surface area is 328 Å². The lowest BCUT2D eigenvalue weighted by atomic mass is 9.68. The van der Waals surface area contributed by atoms with Gasteiger partial charge in [-0.3, -0.25) is 9.59 Å². The highest BCUT2D eigenvalue weighted by Gasteiger charge is 2.40. The number of rotatable bonds is 16.